The first-order valence-corrected chi connectivity index (χ1v) is 6.43. The molecule has 16 heavy (non-hydrogen) atoms. The van der Waals surface area contributed by atoms with E-state index in [0.717, 1.165) is 36.0 Å². The van der Waals surface area contributed by atoms with E-state index < -0.39 is 0 Å². The molecule has 2 aliphatic rings. The molecule has 0 amide bonds. The van der Waals surface area contributed by atoms with Crippen LogP contribution in [0.3, 0.4) is 0 Å². The number of carbonyl (C=O) groups excluding carboxylic acids is 1. The normalized spacial score (nSPS) is 20.4. The van der Waals surface area contributed by atoms with Gasteiger partial charge in [-0.3, -0.25) is 4.99 Å². The first-order valence-electron chi connectivity index (χ1n) is 5.62. The molecule has 0 bridgehead atoms. The fourth-order valence-electron chi connectivity index (χ4n) is 1.86. The Morgan fingerprint density at radius 3 is 3.12 bits per heavy atom. The molecule has 0 aliphatic carbocycles. The highest BCUT2D eigenvalue weighted by atomic mass is 32.2. The van der Waals surface area contributed by atoms with Crippen molar-refractivity contribution < 1.29 is 9.53 Å². The molecule has 0 unspecified atom stereocenters. The van der Waals surface area contributed by atoms with Crippen LogP contribution in [0, 0.1) is 0 Å². The maximum Gasteiger partial charge on any atom is 0.355 e. The van der Waals surface area contributed by atoms with E-state index in [1.165, 1.54) is 0 Å². The summed E-state index contributed by atoms with van der Waals surface area (Å²) in [4.78, 5) is 19.3. The molecule has 2 rings (SSSR count). The molecule has 5 heteroatoms. The molecule has 0 atom stereocenters. The molecule has 0 fully saturated rings. The quantitative estimate of drug-likeness (QED) is 0.692. The summed E-state index contributed by atoms with van der Waals surface area (Å²) >= 11 is 1.58. The van der Waals surface area contributed by atoms with Crippen LogP contribution in [0.5, 0.6) is 0 Å². The van der Waals surface area contributed by atoms with Gasteiger partial charge in [0.05, 0.1) is 6.61 Å². The Morgan fingerprint density at radius 1 is 1.56 bits per heavy atom. The number of hydrogen-bond acceptors (Lipinski definition) is 5. The Balaban J connectivity index is 2.22. The molecule has 0 aromatic rings. The summed E-state index contributed by atoms with van der Waals surface area (Å²) in [6, 6.07) is 0. The summed E-state index contributed by atoms with van der Waals surface area (Å²) in [6.45, 7) is 5.93. The number of carbonyl (C=O) groups is 1. The van der Waals surface area contributed by atoms with Crippen LogP contribution in [0.15, 0.2) is 15.6 Å². The summed E-state index contributed by atoms with van der Waals surface area (Å²) in [7, 11) is 0. The van der Waals surface area contributed by atoms with Crippen LogP contribution in [-0.4, -0.2) is 35.7 Å². The van der Waals surface area contributed by atoms with Gasteiger partial charge >= 0.3 is 5.97 Å². The first-order chi connectivity index (χ1) is 7.74. The second kappa shape index (κ2) is 4.91. The Hall–Kier alpha value is -0.970. The topological polar surface area (TPSA) is 41.9 Å². The predicted octanol–water partition coefficient (Wildman–Crippen LogP) is 1.98. The van der Waals surface area contributed by atoms with E-state index >= 15 is 0 Å². The third kappa shape index (κ3) is 2.09. The van der Waals surface area contributed by atoms with Gasteiger partial charge in [0.2, 0.25) is 0 Å². The van der Waals surface area contributed by atoms with Crippen LogP contribution < -0.4 is 0 Å². The molecule has 0 aromatic carbocycles. The average Bonchev–Trinajstić information content (AvgIpc) is 2.43. The molecule has 0 radical (unpaired) electrons. The molecule has 0 N–H and O–H groups in total. The average molecular weight is 240 g/mol. The van der Waals surface area contributed by atoms with Crippen LogP contribution in [0.4, 0.5) is 0 Å². The molecular formula is C11H16N2O2S. The van der Waals surface area contributed by atoms with Gasteiger partial charge in [-0.1, -0.05) is 11.8 Å². The van der Waals surface area contributed by atoms with Gasteiger partial charge in [-0.15, -0.1) is 0 Å². The van der Waals surface area contributed by atoms with Gasteiger partial charge in [0.15, 0.2) is 5.17 Å². The standard InChI is InChI=1S/C11H16N2O2S/c1-3-15-10(14)9-8(2)16-11-12-6-4-5-7-13(9)11/h3-7H2,1-2H3. The fraction of sp³-hybridized carbons (Fsp3) is 0.636. The fourth-order valence-corrected chi connectivity index (χ4v) is 2.87. The van der Waals surface area contributed by atoms with Gasteiger partial charge in [0.25, 0.3) is 0 Å². The van der Waals surface area contributed by atoms with Crippen molar-refractivity contribution in [3.63, 3.8) is 0 Å². The maximum atomic E-state index is 11.8. The van der Waals surface area contributed by atoms with E-state index in [1.807, 2.05) is 18.7 Å². The van der Waals surface area contributed by atoms with Gasteiger partial charge in [-0.25, -0.2) is 4.79 Å². The summed E-state index contributed by atoms with van der Waals surface area (Å²) < 4.78 is 5.08. The molecule has 0 aromatic heterocycles. The molecular weight excluding hydrogens is 224 g/mol. The van der Waals surface area contributed by atoms with Crippen molar-refractivity contribution in [3.05, 3.63) is 10.6 Å². The lowest BCUT2D eigenvalue weighted by atomic mass is 10.3. The van der Waals surface area contributed by atoms with Crippen LogP contribution in [0.2, 0.25) is 0 Å². The number of ether oxygens (including phenoxy) is 1. The van der Waals surface area contributed by atoms with Gasteiger partial charge in [0.1, 0.15) is 5.70 Å². The van der Waals surface area contributed by atoms with Crippen molar-refractivity contribution in [2.45, 2.75) is 26.7 Å². The zero-order chi connectivity index (χ0) is 11.5. The number of thioether (sulfide) groups is 1. The van der Waals surface area contributed by atoms with Gasteiger partial charge in [-0.2, -0.15) is 0 Å². The number of amidine groups is 1. The van der Waals surface area contributed by atoms with Crippen molar-refractivity contribution in [2.24, 2.45) is 4.99 Å². The van der Waals surface area contributed by atoms with Crippen molar-refractivity contribution in [2.75, 3.05) is 19.7 Å². The lowest BCUT2D eigenvalue weighted by Gasteiger charge is -2.19. The smallest absolute Gasteiger partial charge is 0.355 e. The van der Waals surface area contributed by atoms with Crippen LogP contribution in [-0.2, 0) is 9.53 Å². The van der Waals surface area contributed by atoms with E-state index in [1.54, 1.807) is 11.8 Å². The zero-order valence-corrected chi connectivity index (χ0v) is 10.5. The van der Waals surface area contributed by atoms with E-state index in [9.17, 15) is 4.79 Å². The summed E-state index contributed by atoms with van der Waals surface area (Å²) in [5, 5.41) is 0.957. The highest BCUT2D eigenvalue weighted by Crippen LogP contribution is 2.35. The number of nitrogens with zero attached hydrogens (tertiary/aromatic N) is 2. The van der Waals surface area contributed by atoms with Crippen LogP contribution in [0.1, 0.15) is 26.7 Å². The number of fused-ring (bicyclic) bond motifs is 1. The number of esters is 1. The SMILES string of the molecule is CCOC(=O)C1=C(C)SC2=NCCCCN21. The molecule has 2 heterocycles. The highest BCUT2D eigenvalue weighted by molar-refractivity contribution is 8.17. The van der Waals surface area contributed by atoms with E-state index in [4.69, 9.17) is 4.74 Å². The van der Waals surface area contributed by atoms with E-state index in [-0.39, 0.29) is 5.97 Å². The van der Waals surface area contributed by atoms with E-state index in [0.29, 0.717) is 12.3 Å². The maximum absolute atomic E-state index is 11.8. The van der Waals surface area contributed by atoms with Crippen molar-refractivity contribution in [3.8, 4) is 0 Å². The summed E-state index contributed by atoms with van der Waals surface area (Å²) in [5.41, 5.74) is 0.688. The van der Waals surface area contributed by atoms with Gasteiger partial charge in [-0.05, 0) is 26.7 Å². The predicted molar refractivity (Wildman–Crippen MR) is 65.2 cm³/mol. The number of allylic oxidation sites excluding steroid dienone is 1. The highest BCUT2D eigenvalue weighted by Gasteiger charge is 2.33. The molecule has 88 valence electrons. The van der Waals surface area contributed by atoms with Crippen LogP contribution >= 0.6 is 11.8 Å². The van der Waals surface area contributed by atoms with Crippen LogP contribution in [0.25, 0.3) is 0 Å². The number of rotatable bonds is 2. The molecule has 0 saturated carbocycles. The zero-order valence-electron chi connectivity index (χ0n) is 9.65. The minimum atomic E-state index is -0.223. The second-order valence-electron chi connectivity index (χ2n) is 3.75. The summed E-state index contributed by atoms with van der Waals surface area (Å²) in [5.74, 6) is -0.223. The van der Waals surface area contributed by atoms with Crippen molar-refractivity contribution in [1.29, 1.82) is 0 Å². The minimum absolute atomic E-state index is 0.223. The molecule has 0 spiro atoms. The Kier molecular flexibility index (Phi) is 3.53. The third-order valence-electron chi connectivity index (χ3n) is 2.58. The third-order valence-corrected chi connectivity index (χ3v) is 3.62. The van der Waals surface area contributed by atoms with Gasteiger partial charge in [0, 0.05) is 18.0 Å². The van der Waals surface area contributed by atoms with Gasteiger partial charge < -0.3 is 9.64 Å². The summed E-state index contributed by atoms with van der Waals surface area (Å²) in [6.07, 6.45) is 2.17. The lowest BCUT2D eigenvalue weighted by molar-refractivity contribution is -0.139. The number of hydrogen-bond donors (Lipinski definition) is 0. The Labute approximate surface area is 99.7 Å². The Bertz CT molecular complexity index is 363. The Morgan fingerprint density at radius 2 is 2.38 bits per heavy atom. The lowest BCUT2D eigenvalue weighted by Crippen LogP contribution is -2.29. The largest absolute Gasteiger partial charge is 0.461 e. The van der Waals surface area contributed by atoms with Crippen molar-refractivity contribution >= 4 is 22.9 Å². The first kappa shape index (κ1) is 11.5. The number of aliphatic imine (C=N–C) groups is 1. The molecule has 2 aliphatic heterocycles. The molecule has 0 saturated heterocycles. The van der Waals surface area contributed by atoms with E-state index in [2.05, 4.69) is 4.99 Å². The monoisotopic (exact) mass is 240 g/mol. The minimum Gasteiger partial charge on any atom is -0.461 e. The van der Waals surface area contributed by atoms with Crippen molar-refractivity contribution in [1.82, 2.24) is 4.90 Å². The molecule has 4 nitrogen and oxygen atoms in total. The second-order valence-corrected chi connectivity index (χ2v) is 4.93.